The summed E-state index contributed by atoms with van der Waals surface area (Å²) in [5.74, 6) is 0.287. The van der Waals surface area contributed by atoms with E-state index in [2.05, 4.69) is 0 Å². The molecular formula is C17H22N2O3. The molecule has 1 unspecified atom stereocenters. The van der Waals surface area contributed by atoms with Gasteiger partial charge in [0.1, 0.15) is 12.8 Å². The number of ether oxygens (including phenoxy) is 1. The molecule has 2 fully saturated rings. The van der Waals surface area contributed by atoms with Gasteiger partial charge in [-0.15, -0.1) is 0 Å². The molecule has 5 heteroatoms. The van der Waals surface area contributed by atoms with E-state index in [0.29, 0.717) is 26.4 Å². The van der Waals surface area contributed by atoms with Crippen LogP contribution < -0.4 is 0 Å². The third-order valence-corrected chi connectivity index (χ3v) is 4.59. The van der Waals surface area contributed by atoms with Gasteiger partial charge in [-0.05, 0) is 18.4 Å². The monoisotopic (exact) mass is 302 g/mol. The molecule has 3 rings (SSSR count). The van der Waals surface area contributed by atoms with Crippen molar-refractivity contribution < 1.29 is 14.3 Å². The smallest absolute Gasteiger partial charge is 0.227 e. The first kappa shape index (κ1) is 15.0. The first-order valence-corrected chi connectivity index (χ1v) is 7.86. The Morgan fingerprint density at radius 1 is 1.09 bits per heavy atom. The summed E-state index contributed by atoms with van der Waals surface area (Å²) in [6.07, 6.45) is 1.48. The molecular weight excluding hydrogens is 280 g/mol. The van der Waals surface area contributed by atoms with E-state index in [1.165, 1.54) is 0 Å². The summed E-state index contributed by atoms with van der Waals surface area (Å²) < 4.78 is 5.76. The van der Waals surface area contributed by atoms with Crippen molar-refractivity contribution in [1.82, 2.24) is 9.80 Å². The second-order valence-electron chi connectivity index (χ2n) is 6.04. The number of hydrogen-bond acceptors (Lipinski definition) is 3. The van der Waals surface area contributed by atoms with Crippen molar-refractivity contribution in [2.75, 3.05) is 26.4 Å². The third kappa shape index (κ3) is 3.14. The van der Waals surface area contributed by atoms with Crippen LogP contribution in [0, 0.1) is 5.92 Å². The quantitative estimate of drug-likeness (QED) is 0.837. The maximum atomic E-state index is 12.6. The van der Waals surface area contributed by atoms with Crippen LogP contribution >= 0.6 is 0 Å². The molecule has 0 radical (unpaired) electrons. The van der Waals surface area contributed by atoms with E-state index in [0.717, 1.165) is 18.4 Å². The second kappa shape index (κ2) is 6.48. The second-order valence-corrected chi connectivity index (χ2v) is 6.04. The van der Waals surface area contributed by atoms with Crippen molar-refractivity contribution >= 4 is 11.8 Å². The van der Waals surface area contributed by atoms with E-state index in [1.807, 2.05) is 40.1 Å². The van der Waals surface area contributed by atoms with Gasteiger partial charge in [-0.2, -0.15) is 0 Å². The SMILES string of the molecule is CC(=O)N1CCC(C(=O)N2COC(c3ccccc3)C2)CC1. The van der Waals surface area contributed by atoms with Crippen molar-refractivity contribution in [2.45, 2.75) is 25.9 Å². The van der Waals surface area contributed by atoms with E-state index in [-0.39, 0.29) is 23.8 Å². The topological polar surface area (TPSA) is 49.9 Å². The van der Waals surface area contributed by atoms with Gasteiger partial charge >= 0.3 is 0 Å². The van der Waals surface area contributed by atoms with Crippen LogP contribution in [0.5, 0.6) is 0 Å². The summed E-state index contributed by atoms with van der Waals surface area (Å²) in [6.45, 7) is 3.94. The van der Waals surface area contributed by atoms with Crippen molar-refractivity contribution in [3.63, 3.8) is 0 Å². The Morgan fingerprint density at radius 3 is 2.41 bits per heavy atom. The normalized spacial score (nSPS) is 22.9. The van der Waals surface area contributed by atoms with Crippen LogP contribution in [-0.2, 0) is 14.3 Å². The minimum Gasteiger partial charge on any atom is -0.351 e. The van der Waals surface area contributed by atoms with Gasteiger partial charge in [0, 0.05) is 25.9 Å². The highest BCUT2D eigenvalue weighted by Gasteiger charge is 2.34. The van der Waals surface area contributed by atoms with Crippen LogP contribution in [-0.4, -0.2) is 48.0 Å². The summed E-state index contributed by atoms with van der Waals surface area (Å²) in [5, 5.41) is 0. The first-order valence-electron chi connectivity index (χ1n) is 7.86. The fraction of sp³-hybridized carbons (Fsp3) is 0.529. The van der Waals surface area contributed by atoms with Gasteiger partial charge in [-0.1, -0.05) is 30.3 Å². The van der Waals surface area contributed by atoms with Gasteiger partial charge in [-0.25, -0.2) is 0 Å². The van der Waals surface area contributed by atoms with Crippen LogP contribution in [0.25, 0.3) is 0 Å². The molecule has 0 saturated carbocycles. The number of piperidine rings is 1. The fourth-order valence-electron chi connectivity index (χ4n) is 3.21. The average Bonchev–Trinajstić information content (AvgIpc) is 3.05. The van der Waals surface area contributed by atoms with E-state index in [4.69, 9.17) is 4.74 Å². The highest BCUT2D eigenvalue weighted by atomic mass is 16.5. The Hall–Kier alpha value is -1.88. The maximum absolute atomic E-state index is 12.6. The molecule has 0 aromatic heterocycles. The zero-order chi connectivity index (χ0) is 15.5. The van der Waals surface area contributed by atoms with Gasteiger partial charge in [0.15, 0.2) is 0 Å². The van der Waals surface area contributed by atoms with E-state index >= 15 is 0 Å². The minimum atomic E-state index is -0.0255. The Morgan fingerprint density at radius 2 is 1.77 bits per heavy atom. The lowest BCUT2D eigenvalue weighted by Gasteiger charge is -2.32. The van der Waals surface area contributed by atoms with Crippen molar-refractivity contribution in [3.8, 4) is 0 Å². The van der Waals surface area contributed by atoms with Crippen molar-refractivity contribution in [1.29, 1.82) is 0 Å². The summed E-state index contributed by atoms with van der Waals surface area (Å²) >= 11 is 0. The fourth-order valence-corrected chi connectivity index (χ4v) is 3.21. The molecule has 118 valence electrons. The number of hydrogen-bond donors (Lipinski definition) is 0. The molecule has 2 aliphatic heterocycles. The number of benzene rings is 1. The summed E-state index contributed by atoms with van der Waals surface area (Å²) in [7, 11) is 0. The van der Waals surface area contributed by atoms with Gasteiger partial charge in [0.25, 0.3) is 0 Å². The number of amides is 2. The molecule has 0 bridgehead atoms. The number of rotatable bonds is 2. The predicted molar refractivity (Wildman–Crippen MR) is 81.8 cm³/mol. The molecule has 2 heterocycles. The highest BCUT2D eigenvalue weighted by Crippen LogP contribution is 2.27. The van der Waals surface area contributed by atoms with Crippen LogP contribution in [0.3, 0.4) is 0 Å². The lowest BCUT2D eigenvalue weighted by atomic mass is 9.95. The van der Waals surface area contributed by atoms with E-state index in [9.17, 15) is 9.59 Å². The molecule has 0 N–H and O–H groups in total. The Bertz CT molecular complexity index is 538. The summed E-state index contributed by atoms with van der Waals surface area (Å²) in [6, 6.07) is 10.0. The Labute approximate surface area is 130 Å². The average molecular weight is 302 g/mol. The summed E-state index contributed by atoms with van der Waals surface area (Å²) in [5.41, 5.74) is 1.11. The van der Waals surface area contributed by atoms with Gasteiger partial charge < -0.3 is 14.5 Å². The molecule has 5 nitrogen and oxygen atoms in total. The molecule has 2 aliphatic rings. The molecule has 22 heavy (non-hydrogen) atoms. The van der Waals surface area contributed by atoms with Crippen LogP contribution in [0.1, 0.15) is 31.4 Å². The Balaban J connectivity index is 1.55. The number of nitrogens with zero attached hydrogens (tertiary/aromatic N) is 2. The third-order valence-electron chi connectivity index (χ3n) is 4.59. The first-order chi connectivity index (χ1) is 10.6. The lowest BCUT2D eigenvalue weighted by molar-refractivity contribution is -0.140. The number of carbonyl (C=O) groups is 2. The molecule has 2 saturated heterocycles. The number of carbonyl (C=O) groups excluding carboxylic acids is 2. The van der Waals surface area contributed by atoms with Crippen LogP contribution in [0.15, 0.2) is 30.3 Å². The van der Waals surface area contributed by atoms with Gasteiger partial charge in [-0.3, -0.25) is 9.59 Å². The maximum Gasteiger partial charge on any atom is 0.227 e. The van der Waals surface area contributed by atoms with Crippen molar-refractivity contribution in [2.24, 2.45) is 5.92 Å². The van der Waals surface area contributed by atoms with Crippen LogP contribution in [0.2, 0.25) is 0 Å². The molecule has 1 aromatic carbocycles. The zero-order valence-electron chi connectivity index (χ0n) is 12.9. The van der Waals surface area contributed by atoms with Gasteiger partial charge in [0.05, 0.1) is 6.54 Å². The molecule has 1 atom stereocenters. The van der Waals surface area contributed by atoms with Gasteiger partial charge in [0.2, 0.25) is 11.8 Å². The standard InChI is InChI=1S/C17H22N2O3/c1-13(20)18-9-7-15(8-10-18)17(21)19-11-16(22-12-19)14-5-3-2-4-6-14/h2-6,15-16H,7-12H2,1H3. The molecule has 1 aromatic rings. The molecule has 0 aliphatic carbocycles. The summed E-state index contributed by atoms with van der Waals surface area (Å²) in [4.78, 5) is 27.6. The predicted octanol–water partition coefficient (Wildman–Crippen LogP) is 1.80. The van der Waals surface area contributed by atoms with E-state index in [1.54, 1.807) is 6.92 Å². The molecule has 2 amide bonds. The Kier molecular flexibility index (Phi) is 4.43. The lowest BCUT2D eigenvalue weighted by Crippen LogP contribution is -2.43. The highest BCUT2D eigenvalue weighted by molar-refractivity contribution is 5.80. The largest absolute Gasteiger partial charge is 0.351 e. The minimum absolute atomic E-state index is 0.0220. The van der Waals surface area contributed by atoms with E-state index < -0.39 is 0 Å². The molecule has 0 spiro atoms. The number of likely N-dealkylation sites (tertiary alicyclic amines) is 1. The zero-order valence-corrected chi connectivity index (χ0v) is 12.9. The van der Waals surface area contributed by atoms with Crippen LogP contribution in [0.4, 0.5) is 0 Å². The van der Waals surface area contributed by atoms with Crippen molar-refractivity contribution in [3.05, 3.63) is 35.9 Å².